The monoisotopic (exact) mass is 308 g/mol. The van der Waals surface area contributed by atoms with Crippen LogP contribution < -0.4 is 4.90 Å². The molecule has 1 atom stereocenters. The normalized spacial score (nSPS) is 18.5. The summed E-state index contributed by atoms with van der Waals surface area (Å²) in [5.41, 5.74) is 3.53. The minimum Gasteiger partial charge on any atom is -0.311 e. The summed E-state index contributed by atoms with van der Waals surface area (Å²) in [6.45, 7) is 3.73. The molecule has 1 fully saturated rings. The second-order valence-corrected chi connectivity index (χ2v) is 6.39. The van der Waals surface area contributed by atoms with Crippen LogP contribution in [-0.4, -0.2) is 30.4 Å². The number of hydrogen-bond acceptors (Lipinski definition) is 2. The van der Waals surface area contributed by atoms with Gasteiger partial charge < -0.3 is 4.90 Å². The third-order valence-electron chi connectivity index (χ3n) is 4.52. The Kier molecular flexibility index (Phi) is 4.77. The molecular formula is C20H24N2O. The van der Waals surface area contributed by atoms with Gasteiger partial charge in [0.1, 0.15) is 0 Å². The van der Waals surface area contributed by atoms with Crippen molar-refractivity contribution in [1.82, 2.24) is 4.90 Å². The number of benzene rings is 2. The van der Waals surface area contributed by atoms with Gasteiger partial charge in [0.2, 0.25) is 5.91 Å². The van der Waals surface area contributed by atoms with Crippen LogP contribution in [0, 0.1) is 6.92 Å². The zero-order valence-electron chi connectivity index (χ0n) is 13.9. The fourth-order valence-electron chi connectivity index (χ4n) is 3.34. The van der Waals surface area contributed by atoms with Gasteiger partial charge in [-0.2, -0.15) is 0 Å². The molecule has 120 valence electrons. The Bertz CT molecular complexity index is 668. The van der Waals surface area contributed by atoms with E-state index in [0.717, 1.165) is 31.6 Å². The number of hydrogen-bond donors (Lipinski definition) is 0. The number of carbonyl (C=O) groups excluding carboxylic acids is 1. The first-order valence-corrected chi connectivity index (χ1v) is 8.27. The number of nitrogens with zero attached hydrogens (tertiary/aromatic N) is 2. The number of amides is 1. The molecule has 2 aromatic rings. The lowest BCUT2D eigenvalue weighted by atomic mass is 10.0. The van der Waals surface area contributed by atoms with E-state index in [4.69, 9.17) is 0 Å². The smallest absolute Gasteiger partial charge is 0.244 e. The fraction of sp³-hybridized carbons (Fsp3) is 0.350. The van der Waals surface area contributed by atoms with Gasteiger partial charge in [-0.15, -0.1) is 0 Å². The molecule has 1 aliphatic heterocycles. The predicted molar refractivity (Wildman–Crippen MR) is 94.5 cm³/mol. The minimum absolute atomic E-state index is 0.0375. The Morgan fingerprint density at radius 3 is 2.65 bits per heavy atom. The number of aryl methyl sites for hydroxylation is 1. The van der Waals surface area contributed by atoms with Crippen molar-refractivity contribution >= 4 is 11.6 Å². The molecule has 1 aliphatic rings. The zero-order chi connectivity index (χ0) is 16.2. The SMILES string of the molecule is Cc1cccc(CN(C)C2CCCN(c3ccccc3)C2=O)c1. The third-order valence-corrected chi connectivity index (χ3v) is 4.52. The number of carbonyl (C=O) groups is 1. The molecule has 1 unspecified atom stereocenters. The maximum Gasteiger partial charge on any atom is 0.244 e. The molecule has 1 amide bonds. The van der Waals surface area contributed by atoms with E-state index in [0.29, 0.717) is 0 Å². The average molecular weight is 308 g/mol. The van der Waals surface area contributed by atoms with Crippen LogP contribution in [0.4, 0.5) is 5.69 Å². The van der Waals surface area contributed by atoms with E-state index in [2.05, 4.69) is 43.1 Å². The Balaban J connectivity index is 1.73. The zero-order valence-corrected chi connectivity index (χ0v) is 13.9. The van der Waals surface area contributed by atoms with Gasteiger partial charge in [0, 0.05) is 18.8 Å². The van der Waals surface area contributed by atoms with Crippen LogP contribution >= 0.6 is 0 Å². The van der Waals surface area contributed by atoms with Crippen LogP contribution in [0.3, 0.4) is 0 Å². The van der Waals surface area contributed by atoms with Gasteiger partial charge >= 0.3 is 0 Å². The summed E-state index contributed by atoms with van der Waals surface area (Å²) in [5.74, 6) is 0.220. The highest BCUT2D eigenvalue weighted by Gasteiger charge is 2.32. The van der Waals surface area contributed by atoms with Crippen molar-refractivity contribution in [3.8, 4) is 0 Å². The van der Waals surface area contributed by atoms with E-state index < -0.39 is 0 Å². The molecule has 2 aromatic carbocycles. The molecule has 0 aromatic heterocycles. The molecule has 1 saturated heterocycles. The average Bonchev–Trinajstić information content (AvgIpc) is 2.56. The third kappa shape index (κ3) is 3.62. The number of rotatable bonds is 4. The van der Waals surface area contributed by atoms with Crippen molar-refractivity contribution in [3.63, 3.8) is 0 Å². The first-order valence-electron chi connectivity index (χ1n) is 8.27. The predicted octanol–water partition coefficient (Wildman–Crippen LogP) is 3.62. The Morgan fingerprint density at radius 1 is 1.13 bits per heavy atom. The summed E-state index contributed by atoms with van der Waals surface area (Å²) < 4.78 is 0. The van der Waals surface area contributed by atoms with Gasteiger partial charge in [-0.25, -0.2) is 0 Å². The van der Waals surface area contributed by atoms with E-state index in [1.54, 1.807) is 0 Å². The highest BCUT2D eigenvalue weighted by atomic mass is 16.2. The van der Waals surface area contributed by atoms with Crippen LogP contribution in [0.2, 0.25) is 0 Å². The molecular weight excluding hydrogens is 284 g/mol. The summed E-state index contributed by atoms with van der Waals surface area (Å²) >= 11 is 0. The summed E-state index contributed by atoms with van der Waals surface area (Å²) in [5, 5.41) is 0. The van der Waals surface area contributed by atoms with Gasteiger partial charge in [0.15, 0.2) is 0 Å². The van der Waals surface area contributed by atoms with Crippen molar-refractivity contribution < 1.29 is 4.79 Å². The van der Waals surface area contributed by atoms with Crippen LogP contribution in [0.1, 0.15) is 24.0 Å². The molecule has 3 heteroatoms. The Morgan fingerprint density at radius 2 is 1.91 bits per heavy atom. The van der Waals surface area contributed by atoms with Crippen molar-refractivity contribution in [2.45, 2.75) is 32.4 Å². The maximum absolute atomic E-state index is 12.9. The Labute approximate surface area is 138 Å². The van der Waals surface area contributed by atoms with Crippen LogP contribution in [-0.2, 0) is 11.3 Å². The number of likely N-dealkylation sites (N-methyl/N-ethyl adjacent to an activating group) is 1. The summed E-state index contributed by atoms with van der Waals surface area (Å²) in [7, 11) is 2.05. The molecule has 3 nitrogen and oxygen atoms in total. The van der Waals surface area contributed by atoms with Gasteiger partial charge in [-0.1, -0.05) is 48.0 Å². The molecule has 3 rings (SSSR count). The molecule has 0 N–H and O–H groups in total. The number of piperidine rings is 1. The van der Waals surface area contributed by atoms with Gasteiger partial charge in [-0.3, -0.25) is 9.69 Å². The highest BCUT2D eigenvalue weighted by Crippen LogP contribution is 2.24. The van der Waals surface area contributed by atoms with Crippen LogP contribution in [0.15, 0.2) is 54.6 Å². The van der Waals surface area contributed by atoms with Gasteiger partial charge in [0.25, 0.3) is 0 Å². The van der Waals surface area contributed by atoms with E-state index in [-0.39, 0.29) is 11.9 Å². The van der Waals surface area contributed by atoms with E-state index >= 15 is 0 Å². The van der Waals surface area contributed by atoms with Gasteiger partial charge in [0.05, 0.1) is 6.04 Å². The highest BCUT2D eigenvalue weighted by molar-refractivity contribution is 5.97. The summed E-state index contributed by atoms with van der Waals surface area (Å²) in [6, 6.07) is 18.5. The lowest BCUT2D eigenvalue weighted by Gasteiger charge is -2.37. The van der Waals surface area contributed by atoms with E-state index in [1.165, 1.54) is 11.1 Å². The molecule has 0 bridgehead atoms. The second-order valence-electron chi connectivity index (χ2n) is 6.39. The number of para-hydroxylation sites is 1. The van der Waals surface area contributed by atoms with Crippen molar-refractivity contribution in [3.05, 3.63) is 65.7 Å². The molecule has 1 heterocycles. The molecule has 0 aliphatic carbocycles. The maximum atomic E-state index is 12.9. The van der Waals surface area contributed by atoms with Crippen molar-refractivity contribution in [1.29, 1.82) is 0 Å². The standard InChI is InChI=1S/C20H24N2O/c1-16-8-6-9-17(14-16)15-21(2)19-12-7-13-22(20(19)23)18-10-4-3-5-11-18/h3-6,8-11,14,19H,7,12-13,15H2,1-2H3. The van der Waals surface area contributed by atoms with Crippen LogP contribution in [0.5, 0.6) is 0 Å². The minimum atomic E-state index is -0.0375. The Hall–Kier alpha value is -2.13. The number of anilines is 1. The topological polar surface area (TPSA) is 23.6 Å². The molecule has 0 radical (unpaired) electrons. The van der Waals surface area contributed by atoms with Crippen LogP contribution in [0.25, 0.3) is 0 Å². The quantitative estimate of drug-likeness (QED) is 0.861. The first-order chi connectivity index (χ1) is 11.1. The molecule has 0 spiro atoms. The lowest BCUT2D eigenvalue weighted by molar-refractivity contribution is -0.125. The fourth-order valence-corrected chi connectivity index (χ4v) is 3.34. The summed E-state index contributed by atoms with van der Waals surface area (Å²) in [4.78, 5) is 17.0. The second kappa shape index (κ2) is 6.97. The largest absolute Gasteiger partial charge is 0.311 e. The van der Waals surface area contributed by atoms with E-state index in [9.17, 15) is 4.79 Å². The van der Waals surface area contributed by atoms with Gasteiger partial charge in [-0.05, 0) is 44.5 Å². The molecule has 23 heavy (non-hydrogen) atoms. The molecule has 0 saturated carbocycles. The summed E-state index contributed by atoms with van der Waals surface area (Å²) in [6.07, 6.45) is 1.98. The van der Waals surface area contributed by atoms with E-state index in [1.807, 2.05) is 35.2 Å². The van der Waals surface area contributed by atoms with Crippen molar-refractivity contribution in [2.24, 2.45) is 0 Å². The lowest BCUT2D eigenvalue weighted by Crippen LogP contribution is -2.51. The first kappa shape index (κ1) is 15.8. The van der Waals surface area contributed by atoms with Crippen molar-refractivity contribution in [2.75, 3.05) is 18.5 Å².